The Labute approximate surface area is 211 Å². The Morgan fingerprint density at radius 1 is 1.00 bits per heavy atom. The third-order valence-corrected chi connectivity index (χ3v) is 7.92. The Hall–Kier alpha value is -2.17. The molecule has 0 amide bonds. The molecule has 2 aromatic carbocycles. The zero-order chi connectivity index (χ0) is 26.3. The van der Waals surface area contributed by atoms with Crippen LogP contribution < -0.4 is 4.74 Å². The van der Waals surface area contributed by atoms with Crippen LogP contribution in [0.3, 0.4) is 0 Å². The number of alkyl halides is 3. The number of rotatable bonds is 12. The third kappa shape index (κ3) is 7.91. The van der Waals surface area contributed by atoms with Crippen molar-refractivity contribution in [3.63, 3.8) is 0 Å². The SMILES string of the molecule is CCOP(=O)(OCC)OC(COc1ccc(CC2SC(=O)CC2=O)cc1)c1ccc(C(F)(F)F)cc1. The Morgan fingerprint density at radius 2 is 1.61 bits per heavy atom. The van der Waals surface area contributed by atoms with Crippen LogP contribution in [0.2, 0.25) is 0 Å². The van der Waals surface area contributed by atoms with Gasteiger partial charge in [-0.1, -0.05) is 36.0 Å². The summed E-state index contributed by atoms with van der Waals surface area (Å²) >= 11 is 1.04. The summed E-state index contributed by atoms with van der Waals surface area (Å²) in [6, 6.07) is 11.1. The number of hydrogen-bond donors (Lipinski definition) is 0. The van der Waals surface area contributed by atoms with Crippen molar-refractivity contribution >= 4 is 30.5 Å². The van der Waals surface area contributed by atoms with E-state index in [1.807, 2.05) is 0 Å². The Bertz CT molecular complexity index is 1080. The molecule has 0 saturated carbocycles. The number of phosphoric ester groups is 1. The monoisotopic (exact) mass is 546 g/mol. The Balaban J connectivity index is 1.73. The number of hydrogen-bond acceptors (Lipinski definition) is 8. The number of ketones is 1. The zero-order valence-corrected chi connectivity index (χ0v) is 21.4. The van der Waals surface area contributed by atoms with E-state index in [1.165, 1.54) is 12.1 Å². The predicted octanol–water partition coefficient (Wildman–Crippen LogP) is 6.17. The Kier molecular flexibility index (Phi) is 9.77. The molecule has 1 aliphatic heterocycles. The minimum atomic E-state index is -4.51. The molecule has 0 N–H and O–H groups in total. The first-order valence-corrected chi connectivity index (χ1v) is 13.6. The van der Waals surface area contributed by atoms with Gasteiger partial charge < -0.3 is 4.74 Å². The van der Waals surface area contributed by atoms with E-state index in [4.69, 9.17) is 18.3 Å². The van der Waals surface area contributed by atoms with Crippen LogP contribution in [0.25, 0.3) is 0 Å². The molecule has 2 atom stereocenters. The molecule has 36 heavy (non-hydrogen) atoms. The lowest BCUT2D eigenvalue weighted by molar-refractivity contribution is -0.137. The van der Waals surface area contributed by atoms with Crippen LogP contribution in [-0.2, 0) is 40.3 Å². The maximum atomic E-state index is 13.0. The first kappa shape index (κ1) is 28.4. The number of thioether (sulfide) groups is 1. The summed E-state index contributed by atoms with van der Waals surface area (Å²) in [7, 11) is -4.01. The average molecular weight is 547 g/mol. The molecule has 1 aliphatic rings. The Morgan fingerprint density at radius 3 is 2.11 bits per heavy atom. The van der Waals surface area contributed by atoms with Crippen LogP contribution in [0.1, 0.15) is 43.1 Å². The second kappa shape index (κ2) is 12.4. The maximum absolute atomic E-state index is 13.0. The highest BCUT2D eigenvalue weighted by atomic mass is 32.2. The van der Waals surface area contributed by atoms with E-state index in [0.29, 0.717) is 17.7 Å². The van der Waals surface area contributed by atoms with Crippen LogP contribution in [-0.4, -0.2) is 36.0 Å². The van der Waals surface area contributed by atoms with E-state index in [1.54, 1.807) is 38.1 Å². The quantitative estimate of drug-likeness (QED) is 0.231. The van der Waals surface area contributed by atoms with E-state index < -0.39 is 30.9 Å². The van der Waals surface area contributed by atoms with E-state index in [9.17, 15) is 27.3 Å². The van der Waals surface area contributed by atoms with Crippen LogP contribution in [0, 0.1) is 0 Å². The van der Waals surface area contributed by atoms with Gasteiger partial charge in [0.25, 0.3) is 0 Å². The van der Waals surface area contributed by atoms with E-state index >= 15 is 0 Å². The molecule has 0 bridgehead atoms. The number of carbonyl (C=O) groups excluding carboxylic acids is 2. The van der Waals surface area contributed by atoms with Crippen LogP contribution in [0.4, 0.5) is 13.2 Å². The highest BCUT2D eigenvalue weighted by molar-refractivity contribution is 8.15. The average Bonchev–Trinajstić information content (AvgIpc) is 3.13. The number of phosphoric acid groups is 1. The lowest BCUT2D eigenvalue weighted by atomic mass is 10.1. The van der Waals surface area contributed by atoms with Gasteiger partial charge in [0.2, 0.25) is 0 Å². The van der Waals surface area contributed by atoms with Gasteiger partial charge >= 0.3 is 14.0 Å². The van der Waals surface area contributed by atoms with Crippen molar-refractivity contribution in [3.8, 4) is 5.75 Å². The molecule has 0 aromatic heterocycles. The fourth-order valence-electron chi connectivity index (χ4n) is 3.43. The molecule has 0 spiro atoms. The normalized spacial score (nSPS) is 17.4. The summed E-state index contributed by atoms with van der Waals surface area (Å²) in [4.78, 5) is 23.3. The lowest BCUT2D eigenvalue weighted by Gasteiger charge is -2.24. The number of benzene rings is 2. The van der Waals surface area contributed by atoms with Crippen LogP contribution in [0.5, 0.6) is 5.75 Å². The summed E-state index contributed by atoms with van der Waals surface area (Å²) in [5.41, 5.74) is 0.302. The first-order chi connectivity index (χ1) is 17.0. The van der Waals surface area contributed by atoms with Gasteiger partial charge in [0.1, 0.15) is 18.5 Å². The van der Waals surface area contributed by atoms with Gasteiger partial charge in [0.15, 0.2) is 10.9 Å². The second-order valence-electron chi connectivity index (χ2n) is 7.78. The van der Waals surface area contributed by atoms with Gasteiger partial charge in [0, 0.05) is 0 Å². The highest BCUT2D eigenvalue weighted by Crippen LogP contribution is 2.53. The second-order valence-corrected chi connectivity index (χ2v) is 10.7. The molecule has 1 heterocycles. The van der Waals surface area contributed by atoms with Crippen molar-refractivity contribution in [2.45, 2.75) is 44.2 Å². The van der Waals surface area contributed by atoms with Gasteiger partial charge in [-0.3, -0.25) is 23.2 Å². The fraction of sp³-hybridized carbons (Fsp3) is 0.417. The molecule has 0 aliphatic carbocycles. The van der Waals surface area contributed by atoms with E-state index in [-0.39, 0.29) is 37.1 Å². The molecule has 1 saturated heterocycles. The standard InChI is InChI=1S/C24H26F3O7PS/c1-3-32-35(30,33-4-2)34-21(17-7-9-18(10-8-17)24(25,26)27)15-31-19-11-5-16(6-12-19)13-22-20(28)14-23(29)36-22/h5-12,21-22H,3-4,13-15H2,1-2H3. The van der Waals surface area contributed by atoms with Crippen molar-refractivity contribution < 1.29 is 45.6 Å². The molecule has 0 radical (unpaired) electrons. The van der Waals surface area contributed by atoms with Crippen molar-refractivity contribution in [1.82, 2.24) is 0 Å². The van der Waals surface area contributed by atoms with Crippen molar-refractivity contribution in [3.05, 3.63) is 65.2 Å². The zero-order valence-electron chi connectivity index (χ0n) is 19.7. The summed E-state index contributed by atoms with van der Waals surface area (Å²) in [6.45, 7) is 3.08. The smallest absolute Gasteiger partial charge is 0.475 e. The molecule has 7 nitrogen and oxygen atoms in total. The van der Waals surface area contributed by atoms with E-state index in [2.05, 4.69) is 0 Å². The van der Waals surface area contributed by atoms with Gasteiger partial charge in [0.05, 0.1) is 30.4 Å². The summed E-state index contributed by atoms with van der Waals surface area (Å²) in [5.74, 6) is 0.332. The fourth-order valence-corrected chi connectivity index (χ4v) is 5.79. The van der Waals surface area contributed by atoms with Crippen molar-refractivity contribution in [2.75, 3.05) is 19.8 Å². The predicted molar refractivity (Wildman–Crippen MR) is 128 cm³/mol. The number of Topliss-reactive ketones (excluding diaryl/α,β-unsaturated/α-hetero) is 1. The molecular weight excluding hydrogens is 520 g/mol. The van der Waals surface area contributed by atoms with Crippen LogP contribution in [0.15, 0.2) is 48.5 Å². The lowest BCUT2D eigenvalue weighted by Crippen LogP contribution is -2.16. The summed E-state index contributed by atoms with van der Waals surface area (Å²) in [6.07, 6.45) is -5.20. The molecule has 12 heteroatoms. The molecule has 2 aromatic rings. The maximum Gasteiger partial charge on any atom is 0.475 e. The van der Waals surface area contributed by atoms with Crippen LogP contribution >= 0.6 is 19.6 Å². The van der Waals surface area contributed by atoms with Gasteiger partial charge in [-0.05, 0) is 55.7 Å². The number of halogens is 3. The van der Waals surface area contributed by atoms with Crippen molar-refractivity contribution in [2.24, 2.45) is 0 Å². The molecular formula is C24H26F3O7PS. The van der Waals surface area contributed by atoms with Gasteiger partial charge in [-0.25, -0.2) is 4.57 Å². The summed E-state index contributed by atoms with van der Waals surface area (Å²) < 4.78 is 73.6. The molecule has 196 valence electrons. The van der Waals surface area contributed by atoms with Gasteiger partial charge in [-0.2, -0.15) is 13.2 Å². The number of carbonyl (C=O) groups is 2. The third-order valence-electron chi connectivity index (χ3n) is 5.14. The largest absolute Gasteiger partial charge is 0.491 e. The van der Waals surface area contributed by atoms with Crippen molar-refractivity contribution in [1.29, 1.82) is 0 Å². The number of ether oxygens (including phenoxy) is 1. The highest BCUT2D eigenvalue weighted by Gasteiger charge is 2.34. The molecule has 3 rings (SSSR count). The molecule has 2 unspecified atom stereocenters. The minimum Gasteiger partial charge on any atom is -0.491 e. The minimum absolute atomic E-state index is 0.0344. The molecule has 1 fully saturated rings. The topological polar surface area (TPSA) is 88.1 Å². The first-order valence-electron chi connectivity index (χ1n) is 11.2. The van der Waals surface area contributed by atoms with Gasteiger partial charge in [-0.15, -0.1) is 0 Å². The van der Waals surface area contributed by atoms with E-state index in [0.717, 1.165) is 29.5 Å². The summed E-state index contributed by atoms with van der Waals surface area (Å²) in [5, 5.41) is -0.524.